The Kier molecular flexibility index (Phi) is 4.65. The van der Waals surface area contributed by atoms with Crippen molar-refractivity contribution in [1.29, 1.82) is 0 Å². The minimum absolute atomic E-state index is 0.0615. The summed E-state index contributed by atoms with van der Waals surface area (Å²) in [6, 6.07) is 13.4. The van der Waals surface area contributed by atoms with Crippen LogP contribution in [0.3, 0.4) is 0 Å². The van der Waals surface area contributed by atoms with Crippen molar-refractivity contribution in [2.45, 2.75) is 33.9 Å². The van der Waals surface area contributed by atoms with Crippen molar-refractivity contribution in [3.05, 3.63) is 75.2 Å². The van der Waals surface area contributed by atoms with Crippen LogP contribution in [0, 0.1) is 13.8 Å². The molecule has 3 aromatic rings. The van der Waals surface area contributed by atoms with Gasteiger partial charge in [-0.2, -0.15) is 0 Å². The molecule has 0 aliphatic heterocycles. The number of nitrogens with one attached hydrogen (secondary N) is 1. The molecule has 25 heavy (non-hydrogen) atoms. The van der Waals surface area contributed by atoms with Gasteiger partial charge >= 0.3 is 0 Å². The number of carbonyl (C=O) groups excluding carboxylic acids is 1. The Labute approximate surface area is 146 Å². The van der Waals surface area contributed by atoms with Crippen LogP contribution in [0.15, 0.2) is 47.3 Å². The van der Waals surface area contributed by atoms with E-state index in [0.29, 0.717) is 18.6 Å². The highest BCUT2D eigenvalue weighted by molar-refractivity contribution is 5.94. The Balaban J connectivity index is 2.00. The average Bonchev–Trinajstić information content (AvgIpc) is 2.62. The summed E-state index contributed by atoms with van der Waals surface area (Å²) in [5.41, 5.74) is 4.15. The van der Waals surface area contributed by atoms with Crippen LogP contribution in [-0.2, 0) is 13.1 Å². The van der Waals surface area contributed by atoms with Gasteiger partial charge in [-0.1, -0.05) is 30.3 Å². The normalized spacial score (nSPS) is 10.8. The van der Waals surface area contributed by atoms with Crippen molar-refractivity contribution in [3.8, 4) is 0 Å². The molecule has 128 valence electrons. The van der Waals surface area contributed by atoms with Gasteiger partial charge in [0.2, 0.25) is 0 Å². The largest absolute Gasteiger partial charge is 0.346 e. The minimum atomic E-state index is -0.448. The van der Waals surface area contributed by atoms with E-state index in [0.717, 1.165) is 22.2 Å². The fourth-order valence-electron chi connectivity index (χ4n) is 2.82. The van der Waals surface area contributed by atoms with Gasteiger partial charge in [0.15, 0.2) is 5.69 Å². The van der Waals surface area contributed by atoms with Gasteiger partial charge in [0.25, 0.3) is 11.5 Å². The molecule has 0 aliphatic rings. The van der Waals surface area contributed by atoms with Crippen molar-refractivity contribution < 1.29 is 4.79 Å². The topological polar surface area (TPSA) is 64.0 Å². The van der Waals surface area contributed by atoms with Crippen LogP contribution in [0.1, 0.15) is 34.1 Å². The molecule has 1 aromatic heterocycles. The van der Waals surface area contributed by atoms with Crippen LogP contribution in [0.2, 0.25) is 0 Å². The standard InChI is InChI=1S/C20H21N3O2/c1-4-23-17-11-14(3)13(2)10-16(17)22-18(20(23)25)19(24)21-12-15-8-6-5-7-9-15/h5-11H,4,12H2,1-3H3,(H,21,24). The molecule has 0 unspecified atom stereocenters. The number of carbonyl (C=O) groups is 1. The van der Waals surface area contributed by atoms with Crippen LogP contribution in [0.4, 0.5) is 0 Å². The highest BCUT2D eigenvalue weighted by atomic mass is 16.2. The number of rotatable bonds is 4. The van der Waals surface area contributed by atoms with Crippen molar-refractivity contribution >= 4 is 16.9 Å². The van der Waals surface area contributed by atoms with Crippen LogP contribution in [-0.4, -0.2) is 15.5 Å². The lowest BCUT2D eigenvalue weighted by Crippen LogP contribution is -2.34. The van der Waals surface area contributed by atoms with E-state index in [1.54, 1.807) is 4.57 Å². The van der Waals surface area contributed by atoms with E-state index in [1.165, 1.54) is 0 Å². The smallest absolute Gasteiger partial charge is 0.282 e. The number of fused-ring (bicyclic) bond motifs is 1. The fourth-order valence-corrected chi connectivity index (χ4v) is 2.82. The third-order valence-electron chi connectivity index (χ3n) is 4.39. The predicted molar refractivity (Wildman–Crippen MR) is 98.8 cm³/mol. The first-order chi connectivity index (χ1) is 12.0. The van der Waals surface area contributed by atoms with Gasteiger partial charge in [-0.05, 0) is 49.6 Å². The Morgan fingerprint density at radius 3 is 2.48 bits per heavy atom. The van der Waals surface area contributed by atoms with Gasteiger partial charge < -0.3 is 9.88 Å². The lowest BCUT2D eigenvalue weighted by Gasteiger charge is -2.12. The zero-order valence-corrected chi connectivity index (χ0v) is 14.7. The van der Waals surface area contributed by atoms with Gasteiger partial charge in [-0.15, -0.1) is 0 Å². The molecule has 1 amide bonds. The molecule has 0 spiro atoms. The first kappa shape index (κ1) is 16.9. The monoisotopic (exact) mass is 335 g/mol. The molecule has 0 saturated carbocycles. The Morgan fingerprint density at radius 2 is 1.80 bits per heavy atom. The van der Waals surface area contributed by atoms with E-state index >= 15 is 0 Å². The summed E-state index contributed by atoms with van der Waals surface area (Å²) in [4.78, 5) is 29.6. The third kappa shape index (κ3) is 3.31. The number of hydrogen-bond acceptors (Lipinski definition) is 3. The van der Waals surface area contributed by atoms with Gasteiger partial charge in [0.1, 0.15) is 0 Å². The number of hydrogen-bond donors (Lipinski definition) is 1. The summed E-state index contributed by atoms with van der Waals surface area (Å²) in [5.74, 6) is -0.448. The summed E-state index contributed by atoms with van der Waals surface area (Å²) in [5, 5.41) is 2.78. The first-order valence-corrected chi connectivity index (χ1v) is 8.35. The molecule has 2 aromatic carbocycles. The Hall–Kier alpha value is -2.95. The summed E-state index contributed by atoms with van der Waals surface area (Å²) in [6.45, 7) is 6.73. The van der Waals surface area contributed by atoms with Crippen molar-refractivity contribution in [1.82, 2.24) is 14.9 Å². The molecular formula is C20H21N3O2. The summed E-state index contributed by atoms with van der Waals surface area (Å²) < 4.78 is 1.60. The predicted octanol–water partition coefficient (Wildman–Crippen LogP) is 2.96. The zero-order valence-electron chi connectivity index (χ0n) is 14.7. The highest BCUT2D eigenvalue weighted by Gasteiger charge is 2.17. The lowest BCUT2D eigenvalue weighted by atomic mass is 10.1. The number of amides is 1. The van der Waals surface area contributed by atoms with E-state index in [-0.39, 0.29) is 11.3 Å². The van der Waals surface area contributed by atoms with Crippen molar-refractivity contribution in [2.75, 3.05) is 0 Å². The molecule has 0 aliphatic carbocycles. The Morgan fingerprint density at radius 1 is 1.12 bits per heavy atom. The molecule has 0 radical (unpaired) electrons. The second kappa shape index (κ2) is 6.89. The number of nitrogens with zero attached hydrogens (tertiary/aromatic N) is 2. The second-order valence-electron chi connectivity index (χ2n) is 6.10. The molecule has 5 nitrogen and oxygen atoms in total. The average molecular weight is 335 g/mol. The Bertz CT molecular complexity index is 991. The molecule has 1 heterocycles. The highest BCUT2D eigenvalue weighted by Crippen LogP contribution is 2.17. The molecule has 0 fully saturated rings. The SMILES string of the molecule is CCn1c(=O)c(C(=O)NCc2ccccc2)nc2cc(C)c(C)cc21. The zero-order chi connectivity index (χ0) is 18.0. The maximum atomic E-state index is 12.7. The minimum Gasteiger partial charge on any atom is -0.346 e. The van der Waals surface area contributed by atoms with Crippen LogP contribution in [0.5, 0.6) is 0 Å². The molecule has 1 N–H and O–H groups in total. The van der Waals surface area contributed by atoms with Crippen LogP contribution < -0.4 is 10.9 Å². The maximum Gasteiger partial charge on any atom is 0.282 e. The number of benzene rings is 2. The maximum absolute atomic E-state index is 12.7. The first-order valence-electron chi connectivity index (χ1n) is 8.35. The number of aromatic nitrogens is 2. The fraction of sp³-hybridized carbons (Fsp3) is 0.250. The van der Waals surface area contributed by atoms with E-state index < -0.39 is 5.91 Å². The summed E-state index contributed by atoms with van der Waals surface area (Å²) in [6.07, 6.45) is 0. The molecule has 0 saturated heterocycles. The molecular weight excluding hydrogens is 314 g/mol. The quantitative estimate of drug-likeness (QED) is 0.797. The van der Waals surface area contributed by atoms with Gasteiger partial charge in [0.05, 0.1) is 11.0 Å². The van der Waals surface area contributed by atoms with E-state index in [4.69, 9.17) is 0 Å². The van der Waals surface area contributed by atoms with Gasteiger partial charge in [-0.3, -0.25) is 9.59 Å². The van der Waals surface area contributed by atoms with Crippen molar-refractivity contribution in [2.24, 2.45) is 0 Å². The van der Waals surface area contributed by atoms with Gasteiger partial charge in [0, 0.05) is 13.1 Å². The van der Waals surface area contributed by atoms with Gasteiger partial charge in [-0.25, -0.2) is 4.98 Å². The third-order valence-corrected chi connectivity index (χ3v) is 4.39. The van der Waals surface area contributed by atoms with E-state index in [2.05, 4.69) is 10.3 Å². The van der Waals surface area contributed by atoms with E-state index in [9.17, 15) is 9.59 Å². The molecule has 3 rings (SSSR count). The summed E-state index contributed by atoms with van der Waals surface area (Å²) >= 11 is 0. The van der Waals surface area contributed by atoms with E-state index in [1.807, 2.05) is 63.2 Å². The number of aryl methyl sites for hydroxylation is 3. The van der Waals surface area contributed by atoms with Crippen LogP contribution in [0.25, 0.3) is 11.0 Å². The lowest BCUT2D eigenvalue weighted by molar-refractivity contribution is 0.0944. The van der Waals surface area contributed by atoms with Crippen molar-refractivity contribution in [3.63, 3.8) is 0 Å². The van der Waals surface area contributed by atoms with Crippen LogP contribution >= 0.6 is 0 Å². The molecule has 0 bridgehead atoms. The molecule has 0 atom stereocenters. The second-order valence-corrected chi connectivity index (χ2v) is 6.10. The molecule has 5 heteroatoms. The summed E-state index contributed by atoms with van der Waals surface area (Å²) in [7, 11) is 0.